The summed E-state index contributed by atoms with van der Waals surface area (Å²) < 4.78 is 0. The van der Waals surface area contributed by atoms with Crippen LogP contribution < -0.4 is 16.2 Å². The number of rotatable bonds is 5. The molecule has 1 rings (SSSR count). The Bertz CT molecular complexity index is 530. The van der Waals surface area contributed by atoms with Gasteiger partial charge >= 0.3 is 0 Å². The number of hydrazine groups is 1. The normalized spacial score (nSPS) is 12.8. The van der Waals surface area contributed by atoms with Crippen molar-refractivity contribution in [2.45, 2.75) is 53.0 Å². The van der Waals surface area contributed by atoms with Gasteiger partial charge in [0, 0.05) is 13.0 Å². The highest BCUT2D eigenvalue weighted by Gasteiger charge is 2.18. The summed E-state index contributed by atoms with van der Waals surface area (Å²) in [6.45, 7) is 12.3. The molecule has 5 heteroatoms. The minimum atomic E-state index is -0.295. The highest BCUT2D eigenvalue weighted by Crippen LogP contribution is 2.26. The Labute approximate surface area is 139 Å². The van der Waals surface area contributed by atoms with Crippen molar-refractivity contribution < 1.29 is 9.59 Å². The summed E-state index contributed by atoms with van der Waals surface area (Å²) in [7, 11) is 0. The molecule has 1 aromatic rings. The van der Waals surface area contributed by atoms with Gasteiger partial charge in [0.15, 0.2) is 0 Å². The van der Waals surface area contributed by atoms with E-state index in [0.717, 1.165) is 5.56 Å². The smallest absolute Gasteiger partial charge is 0.252 e. The quantitative estimate of drug-likeness (QED) is 0.730. The molecule has 0 heterocycles. The molecule has 0 unspecified atom stereocenters. The third-order valence-corrected chi connectivity index (χ3v) is 3.66. The van der Waals surface area contributed by atoms with Gasteiger partial charge in [-0.25, -0.2) is 0 Å². The lowest BCUT2D eigenvalue weighted by Crippen LogP contribution is -2.45. The Kier molecular flexibility index (Phi) is 6.76. The highest BCUT2D eigenvalue weighted by molar-refractivity contribution is 5.81. The lowest BCUT2D eigenvalue weighted by Gasteiger charge is -2.25. The van der Waals surface area contributed by atoms with Gasteiger partial charge in [0.25, 0.3) is 5.91 Å². The summed E-state index contributed by atoms with van der Waals surface area (Å²) in [5, 5.41) is 3.25. The third-order valence-electron chi connectivity index (χ3n) is 3.66. The van der Waals surface area contributed by atoms with E-state index in [1.165, 1.54) is 12.5 Å². The first-order valence-electron chi connectivity index (χ1n) is 8.00. The molecule has 0 radical (unpaired) electrons. The number of amides is 2. The second-order valence-electron chi connectivity index (χ2n) is 7.20. The Hall–Kier alpha value is -1.88. The maximum absolute atomic E-state index is 11.7. The summed E-state index contributed by atoms with van der Waals surface area (Å²) in [5.41, 5.74) is 7.20. The van der Waals surface area contributed by atoms with Crippen molar-refractivity contribution in [1.29, 1.82) is 0 Å². The maximum atomic E-state index is 11.7. The first-order chi connectivity index (χ1) is 10.6. The largest absolute Gasteiger partial charge is 0.301 e. The maximum Gasteiger partial charge on any atom is 0.252 e. The molecule has 0 saturated heterocycles. The minimum Gasteiger partial charge on any atom is -0.301 e. The topological polar surface area (TPSA) is 70.2 Å². The lowest BCUT2D eigenvalue weighted by molar-refractivity contribution is -0.127. The molecular formula is C18H29N3O2. The van der Waals surface area contributed by atoms with Crippen molar-refractivity contribution in [3.63, 3.8) is 0 Å². The molecule has 0 bridgehead atoms. The van der Waals surface area contributed by atoms with Gasteiger partial charge in [0.05, 0.1) is 6.54 Å². The minimum absolute atomic E-state index is 0.0760. The number of benzene rings is 1. The molecule has 0 saturated carbocycles. The molecule has 0 aromatic heterocycles. The van der Waals surface area contributed by atoms with Crippen LogP contribution in [-0.4, -0.2) is 18.4 Å². The van der Waals surface area contributed by atoms with E-state index >= 15 is 0 Å². The molecule has 0 fully saturated rings. The van der Waals surface area contributed by atoms with E-state index in [9.17, 15) is 9.59 Å². The molecule has 1 aromatic carbocycles. The van der Waals surface area contributed by atoms with Gasteiger partial charge in [-0.05, 0) is 22.5 Å². The molecule has 0 aliphatic rings. The number of nitrogens with one attached hydrogen (secondary N) is 3. The van der Waals surface area contributed by atoms with E-state index in [2.05, 4.69) is 75.1 Å². The van der Waals surface area contributed by atoms with E-state index in [-0.39, 0.29) is 29.8 Å². The van der Waals surface area contributed by atoms with Crippen LogP contribution in [0.25, 0.3) is 0 Å². The van der Waals surface area contributed by atoms with Gasteiger partial charge in [-0.3, -0.25) is 20.4 Å². The van der Waals surface area contributed by atoms with Gasteiger partial charge < -0.3 is 5.32 Å². The Morgan fingerprint density at radius 1 is 1.04 bits per heavy atom. The Morgan fingerprint density at radius 3 is 2.04 bits per heavy atom. The first-order valence-corrected chi connectivity index (χ1v) is 8.00. The fraction of sp³-hybridized carbons (Fsp3) is 0.556. The monoisotopic (exact) mass is 319 g/mol. The number of hydrogen-bond acceptors (Lipinski definition) is 3. The van der Waals surface area contributed by atoms with E-state index in [1.807, 2.05) is 0 Å². The predicted octanol–water partition coefficient (Wildman–Crippen LogP) is 2.44. The van der Waals surface area contributed by atoms with Crippen LogP contribution in [-0.2, 0) is 15.0 Å². The van der Waals surface area contributed by atoms with Crippen LogP contribution in [0.1, 0.15) is 58.7 Å². The predicted molar refractivity (Wildman–Crippen MR) is 92.7 cm³/mol. The van der Waals surface area contributed by atoms with Crippen LogP contribution in [0.3, 0.4) is 0 Å². The summed E-state index contributed by atoms with van der Waals surface area (Å²) in [6.07, 6.45) is 0. The SMILES string of the molecule is CC(=O)NNC(=O)CN[C@@H](c1ccc(C(C)(C)C)cc1)C(C)C. The standard InChI is InChI=1S/C18H29N3O2/c1-12(2)17(19-11-16(23)21-20-13(3)22)14-7-9-15(10-8-14)18(4,5)6/h7-10,12,17,19H,11H2,1-6H3,(H,20,22)(H,21,23)/t17-/m1/s1. The van der Waals surface area contributed by atoms with Crippen LogP contribution in [0.2, 0.25) is 0 Å². The molecule has 0 aliphatic heterocycles. The zero-order valence-electron chi connectivity index (χ0n) is 15.0. The van der Waals surface area contributed by atoms with E-state index in [1.54, 1.807) is 0 Å². The fourth-order valence-electron chi connectivity index (χ4n) is 2.33. The van der Waals surface area contributed by atoms with E-state index < -0.39 is 0 Å². The molecule has 2 amide bonds. The van der Waals surface area contributed by atoms with Crippen LogP contribution in [0.5, 0.6) is 0 Å². The molecule has 5 nitrogen and oxygen atoms in total. The van der Waals surface area contributed by atoms with Crippen molar-refractivity contribution in [3.8, 4) is 0 Å². The molecule has 0 aliphatic carbocycles. The Morgan fingerprint density at radius 2 is 1.61 bits per heavy atom. The Balaban J connectivity index is 2.71. The fourth-order valence-corrected chi connectivity index (χ4v) is 2.33. The van der Waals surface area contributed by atoms with Crippen LogP contribution in [0, 0.1) is 5.92 Å². The van der Waals surface area contributed by atoms with Gasteiger partial charge in [-0.1, -0.05) is 58.9 Å². The second kappa shape index (κ2) is 8.11. The van der Waals surface area contributed by atoms with Crippen molar-refractivity contribution in [2.24, 2.45) is 5.92 Å². The van der Waals surface area contributed by atoms with Crippen molar-refractivity contribution >= 4 is 11.8 Å². The summed E-state index contributed by atoms with van der Waals surface area (Å²) in [5.74, 6) is -0.224. The average Bonchev–Trinajstić information content (AvgIpc) is 2.44. The van der Waals surface area contributed by atoms with Crippen molar-refractivity contribution in [3.05, 3.63) is 35.4 Å². The van der Waals surface area contributed by atoms with Crippen LogP contribution >= 0.6 is 0 Å². The van der Waals surface area contributed by atoms with Gasteiger partial charge in [0.2, 0.25) is 5.91 Å². The summed E-state index contributed by atoms with van der Waals surface area (Å²) >= 11 is 0. The second-order valence-corrected chi connectivity index (χ2v) is 7.20. The van der Waals surface area contributed by atoms with E-state index in [4.69, 9.17) is 0 Å². The van der Waals surface area contributed by atoms with Crippen molar-refractivity contribution in [2.75, 3.05) is 6.54 Å². The van der Waals surface area contributed by atoms with Crippen LogP contribution in [0.15, 0.2) is 24.3 Å². The number of hydrogen-bond donors (Lipinski definition) is 3. The molecule has 3 N–H and O–H groups in total. The lowest BCUT2D eigenvalue weighted by atomic mass is 9.85. The third kappa shape index (κ3) is 6.40. The van der Waals surface area contributed by atoms with Crippen molar-refractivity contribution in [1.82, 2.24) is 16.2 Å². The van der Waals surface area contributed by atoms with Gasteiger partial charge in [-0.15, -0.1) is 0 Å². The summed E-state index contributed by atoms with van der Waals surface area (Å²) in [4.78, 5) is 22.5. The number of carbonyl (C=O) groups is 2. The molecular weight excluding hydrogens is 290 g/mol. The molecule has 0 spiro atoms. The molecule has 23 heavy (non-hydrogen) atoms. The van der Waals surface area contributed by atoms with E-state index in [0.29, 0.717) is 5.92 Å². The van der Waals surface area contributed by atoms with Crippen LogP contribution in [0.4, 0.5) is 0 Å². The summed E-state index contributed by atoms with van der Waals surface area (Å²) in [6, 6.07) is 8.59. The molecule has 128 valence electrons. The zero-order valence-corrected chi connectivity index (χ0v) is 15.0. The molecule has 1 atom stereocenters. The van der Waals surface area contributed by atoms with Gasteiger partial charge in [-0.2, -0.15) is 0 Å². The first kappa shape index (κ1) is 19.2. The zero-order chi connectivity index (χ0) is 17.6. The highest BCUT2D eigenvalue weighted by atomic mass is 16.2. The number of carbonyl (C=O) groups excluding carboxylic acids is 2. The average molecular weight is 319 g/mol. The van der Waals surface area contributed by atoms with Gasteiger partial charge in [0.1, 0.15) is 0 Å².